The number of hydrogen-bond donors (Lipinski definition) is 1. The van der Waals surface area contributed by atoms with Gasteiger partial charge in [0.1, 0.15) is 35.7 Å². The van der Waals surface area contributed by atoms with Crippen LogP contribution in [0.1, 0.15) is 23.6 Å². The van der Waals surface area contributed by atoms with E-state index in [2.05, 4.69) is 10.1 Å². The Labute approximate surface area is 222 Å². The number of rotatable bonds is 9. The molecule has 1 fully saturated rings. The van der Waals surface area contributed by atoms with Gasteiger partial charge in [0, 0.05) is 22.4 Å². The fraction of sp³-hybridized carbons (Fsp3) is 0.296. The Morgan fingerprint density at radius 3 is 2.63 bits per heavy atom. The van der Waals surface area contributed by atoms with Gasteiger partial charge in [0.2, 0.25) is 0 Å². The molecule has 7 nitrogen and oxygen atoms in total. The third-order valence-corrected chi connectivity index (χ3v) is 7.47. The molecule has 1 saturated heterocycles. The minimum Gasteiger partial charge on any atom is -0.382 e. The largest absolute Gasteiger partial charge is 0.382 e. The molecule has 0 aliphatic carbocycles. The highest BCUT2D eigenvalue weighted by Crippen LogP contribution is 2.38. The Morgan fingerprint density at radius 2 is 1.97 bits per heavy atom. The lowest BCUT2D eigenvalue weighted by Crippen LogP contribution is -2.43. The number of benzene rings is 2. The number of thioether (sulfide) groups is 1. The van der Waals surface area contributed by atoms with Gasteiger partial charge in [-0.05, 0) is 24.3 Å². The van der Waals surface area contributed by atoms with Crippen LogP contribution in [-0.2, 0) is 21.6 Å². The van der Waals surface area contributed by atoms with E-state index in [0.29, 0.717) is 18.8 Å². The van der Waals surface area contributed by atoms with E-state index in [1.807, 2.05) is 6.07 Å². The van der Waals surface area contributed by atoms with Crippen LogP contribution in [0.4, 0.5) is 13.2 Å². The Kier molecular flexibility index (Phi) is 9.01. The number of allylic oxidation sites excluding steroid dienone is 2. The van der Waals surface area contributed by atoms with E-state index in [-0.39, 0.29) is 22.9 Å². The Balaban J connectivity index is 1.36. The maximum atomic E-state index is 14.7. The van der Waals surface area contributed by atoms with Crippen LogP contribution in [-0.4, -0.2) is 49.9 Å². The van der Waals surface area contributed by atoms with E-state index in [4.69, 9.17) is 14.7 Å². The van der Waals surface area contributed by atoms with Crippen LogP contribution in [0, 0.1) is 28.8 Å². The molecule has 0 radical (unpaired) electrons. The average Bonchev–Trinajstić information content (AvgIpc) is 3.40. The highest BCUT2D eigenvalue weighted by molar-refractivity contribution is 8.00. The van der Waals surface area contributed by atoms with Crippen molar-refractivity contribution in [2.45, 2.75) is 35.9 Å². The monoisotopic (exact) mass is 542 g/mol. The number of nitriles is 1. The molecule has 1 aromatic heterocycles. The van der Waals surface area contributed by atoms with Crippen LogP contribution in [0.25, 0.3) is 6.08 Å². The molecule has 1 aliphatic rings. The molecule has 4 rings (SSSR count). The summed E-state index contributed by atoms with van der Waals surface area (Å²) in [6, 6.07) is 9.21. The Morgan fingerprint density at radius 1 is 1.18 bits per heavy atom. The average molecular weight is 543 g/mol. The summed E-state index contributed by atoms with van der Waals surface area (Å²) in [7, 11) is 0. The summed E-state index contributed by atoms with van der Waals surface area (Å²) in [5.74, 6) is -2.08. The molecule has 38 heavy (non-hydrogen) atoms. The first-order chi connectivity index (χ1) is 18.3. The highest BCUT2D eigenvalue weighted by Gasteiger charge is 2.41. The van der Waals surface area contributed by atoms with Gasteiger partial charge in [-0.25, -0.2) is 22.8 Å². The minimum atomic E-state index is -1.72. The van der Waals surface area contributed by atoms with Gasteiger partial charge in [-0.2, -0.15) is 10.4 Å². The number of aromatic nitrogens is 3. The quantitative estimate of drug-likeness (QED) is 0.396. The Bertz CT molecular complexity index is 1340. The lowest BCUT2D eigenvalue weighted by Gasteiger charge is -2.37. The molecule has 0 spiro atoms. The summed E-state index contributed by atoms with van der Waals surface area (Å²) < 4.78 is 55.1. The van der Waals surface area contributed by atoms with Crippen LogP contribution < -0.4 is 0 Å². The molecule has 1 unspecified atom stereocenters. The first kappa shape index (κ1) is 27.6. The van der Waals surface area contributed by atoms with Crippen molar-refractivity contribution in [3.05, 3.63) is 101 Å². The maximum Gasteiger partial charge on any atom is 0.177 e. The van der Waals surface area contributed by atoms with Gasteiger partial charge >= 0.3 is 0 Å². The number of ether oxygens (including phenoxy) is 2. The fourth-order valence-corrected chi connectivity index (χ4v) is 5.29. The molecule has 2 atom stereocenters. The van der Waals surface area contributed by atoms with E-state index in [0.717, 1.165) is 12.1 Å². The molecule has 0 saturated carbocycles. The van der Waals surface area contributed by atoms with Gasteiger partial charge in [0.15, 0.2) is 6.29 Å². The van der Waals surface area contributed by atoms with E-state index in [9.17, 15) is 18.3 Å². The van der Waals surface area contributed by atoms with Gasteiger partial charge in [0.25, 0.3) is 0 Å². The van der Waals surface area contributed by atoms with E-state index >= 15 is 0 Å². The zero-order chi connectivity index (χ0) is 27.1. The van der Waals surface area contributed by atoms with Crippen LogP contribution in [0.3, 0.4) is 0 Å². The number of aliphatic hydroxyl groups is 1. The van der Waals surface area contributed by atoms with Crippen LogP contribution in [0.2, 0.25) is 0 Å². The molecule has 0 amide bonds. The molecular weight excluding hydrogens is 517 g/mol. The van der Waals surface area contributed by atoms with Crippen molar-refractivity contribution in [2.24, 2.45) is 0 Å². The topological polar surface area (TPSA) is 93.2 Å². The predicted octanol–water partition coefficient (Wildman–Crippen LogP) is 4.59. The second kappa shape index (κ2) is 12.4. The molecule has 3 aromatic rings. The van der Waals surface area contributed by atoms with Crippen LogP contribution >= 0.6 is 11.8 Å². The van der Waals surface area contributed by atoms with Crippen molar-refractivity contribution >= 4 is 17.8 Å². The summed E-state index contributed by atoms with van der Waals surface area (Å²) in [6.07, 6.45) is 8.68. The van der Waals surface area contributed by atoms with Crippen molar-refractivity contribution in [1.29, 1.82) is 5.26 Å². The Hall–Kier alpha value is -3.43. The zero-order valence-corrected chi connectivity index (χ0v) is 21.2. The van der Waals surface area contributed by atoms with Crippen LogP contribution in [0.5, 0.6) is 0 Å². The summed E-state index contributed by atoms with van der Waals surface area (Å²) >= 11 is 1.36. The van der Waals surface area contributed by atoms with Crippen molar-refractivity contribution < 1.29 is 27.8 Å². The summed E-state index contributed by atoms with van der Waals surface area (Å²) in [5.41, 5.74) is -1.17. The van der Waals surface area contributed by atoms with Gasteiger partial charge in [-0.3, -0.25) is 0 Å². The number of hydrogen-bond acceptors (Lipinski definition) is 7. The second-order valence-corrected chi connectivity index (χ2v) is 10.3. The van der Waals surface area contributed by atoms with Crippen LogP contribution in [0.15, 0.2) is 67.3 Å². The molecule has 198 valence electrons. The second-order valence-electron chi connectivity index (χ2n) is 8.67. The van der Waals surface area contributed by atoms with Crippen molar-refractivity contribution in [3.8, 4) is 6.07 Å². The predicted molar refractivity (Wildman–Crippen MR) is 136 cm³/mol. The standard InChI is InChI=1S/C27H25F3N4O3S/c1-18(27(35,15-34-17-32-16-33-34)23-9-8-21(28)11-25(23)30)38-22-13-36-26(37-14-22)5-3-2-4-20-7-6-19(12-31)10-24(20)29/h2-11,16-18,22,26,35H,13-15H2,1H3/b4-2+,5-3+/t18-,22?,26?,27?/m1/s1. The van der Waals surface area contributed by atoms with Gasteiger partial charge in [-0.15, -0.1) is 11.8 Å². The third kappa shape index (κ3) is 6.71. The summed E-state index contributed by atoms with van der Waals surface area (Å²) in [4.78, 5) is 3.88. The molecule has 2 aromatic carbocycles. The maximum absolute atomic E-state index is 14.7. The summed E-state index contributed by atoms with van der Waals surface area (Å²) in [6.45, 7) is 2.28. The molecule has 1 aliphatic heterocycles. The van der Waals surface area contributed by atoms with E-state index in [1.54, 1.807) is 31.2 Å². The van der Waals surface area contributed by atoms with Gasteiger partial charge in [-0.1, -0.05) is 37.3 Å². The molecule has 0 bridgehead atoms. The highest BCUT2D eigenvalue weighted by atomic mass is 32.2. The molecular formula is C27H25F3N4O3S. The molecule has 11 heteroatoms. The zero-order valence-electron chi connectivity index (χ0n) is 20.4. The summed E-state index contributed by atoms with van der Waals surface area (Å²) in [5, 5.41) is 23.8. The normalized spacial score (nSPS) is 20.4. The lowest BCUT2D eigenvalue weighted by atomic mass is 9.90. The first-order valence-electron chi connectivity index (χ1n) is 11.7. The minimum absolute atomic E-state index is 0.0432. The van der Waals surface area contributed by atoms with Crippen molar-refractivity contribution in [1.82, 2.24) is 14.8 Å². The number of nitrogens with zero attached hydrogens (tertiary/aromatic N) is 4. The fourth-order valence-electron chi connectivity index (χ4n) is 3.97. The SMILES string of the molecule is C[C@@H](SC1COC(/C=C/C=C/c2ccc(C#N)cc2F)OC1)C(O)(Cn1cncn1)c1ccc(F)cc1F. The van der Waals surface area contributed by atoms with Gasteiger partial charge < -0.3 is 14.6 Å². The first-order valence-corrected chi connectivity index (χ1v) is 12.7. The smallest absolute Gasteiger partial charge is 0.177 e. The molecule has 1 N–H and O–H groups in total. The van der Waals surface area contributed by atoms with Gasteiger partial charge in [0.05, 0.1) is 36.6 Å². The van der Waals surface area contributed by atoms with Crippen molar-refractivity contribution in [3.63, 3.8) is 0 Å². The third-order valence-electron chi connectivity index (χ3n) is 6.01. The molecule has 2 heterocycles. The van der Waals surface area contributed by atoms with E-state index < -0.39 is 34.6 Å². The lowest BCUT2D eigenvalue weighted by molar-refractivity contribution is -0.146. The number of halogens is 3. The van der Waals surface area contributed by atoms with E-state index in [1.165, 1.54) is 53.4 Å². The van der Waals surface area contributed by atoms with Crippen molar-refractivity contribution in [2.75, 3.05) is 13.2 Å².